The average molecular weight is 356 g/mol. The molecule has 0 bridgehead atoms. The second-order valence-corrected chi connectivity index (χ2v) is 7.51. The Bertz CT molecular complexity index is 1110. The van der Waals surface area contributed by atoms with E-state index in [1.807, 2.05) is 0 Å². The smallest absolute Gasteiger partial charge is 0.0893 e. The normalized spacial score (nSPS) is 15.1. The topological polar surface area (TPSA) is 34.0 Å². The molecule has 1 saturated heterocycles. The molecule has 0 spiro atoms. The number of likely N-dealkylation sites (tertiary alicyclic amines) is 1. The van der Waals surface area contributed by atoms with Gasteiger partial charge in [-0.15, -0.1) is 0 Å². The molecule has 2 aromatic heterocycles. The van der Waals surface area contributed by atoms with Crippen LogP contribution in [0.3, 0.4) is 0 Å². The monoisotopic (exact) mass is 356 g/mol. The molecule has 27 heavy (non-hydrogen) atoms. The Kier molecular flexibility index (Phi) is 4.13. The number of aromatic nitrogens is 3. The van der Waals surface area contributed by atoms with Gasteiger partial charge in [-0.1, -0.05) is 12.1 Å². The summed E-state index contributed by atoms with van der Waals surface area (Å²) in [7, 11) is 0. The molecule has 0 atom stereocenters. The molecular weight excluding hydrogens is 332 g/mol. The highest BCUT2D eigenvalue weighted by atomic mass is 15.2. The van der Waals surface area contributed by atoms with Crippen LogP contribution in [0.2, 0.25) is 0 Å². The van der Waals surface area contributed by atoms with Gasteiger partial charge in [0, 0.05) is 42.6 Å². The first-order chi connectivity index (χ1) is 13.3. The van der Waals surface area contributed by atoms with E-state index >= 15 is 0 Å². The number of nitrogens with zero attached hydrogens (tertiary/aromatic N) is 4. The van der Waals surface area contributed by atoms with Crippen molar-refractivity contribution in [1.29, 1.82) is 0 Å². The second-order valence-electron chi connectivity index (χ2n) is 7.51. The minimum Gasteiger partial charge on any atom is -0.346 e. The van der Waals surface area contributed by atoms with E-state index in [1.165, 1.54) is 53.5 Å². The molecule has 0 saturated carbocycles. The maximum absolute atomic E-state index is 4.49. The highest BCUT2D eigenvalue weighted by Gasteiger charge is 2.13. The second kappa shape index (κ2) is 6.78. The summed E-state index contributed by atoms with van der Waals surface area (Å²) in [6.07, 6.45) is 8.45. The van der Waals surface area contributed by atoms with Gasteiger partial charge in [-0.25, -0.2) is 0 Å². The predicted molar refractivity (Wildman–Crippen MR) is 111 cm³/mol. The van der Waals surface area contributed by atoms with Crippen LogP contribution in [-0.2, 0) is 6.54 Å². The molecule has 0 N–H and O–H groups in total. The molecular formula is C23H24N4. The summed E-state index contributed by atoms with van der Waals surface area (Å²) in [6, 6.07) is 13.2. The molecule has 0 radical (unpaired) electrons. The van der Waals surface area contributed by atoms with Gasteiger partial charge in [0.2, 0.25) is 0 Å². The minimum absolute atomic E-state index is 0.948. The lowest BCUT2D eigenvalue weighted by Crippen LogP contribution is -2.23. The largest absolute Gasteiger partial charge is 0.346 e. The lowest BCUT2D eigenvalue weighted by atomic mass is 9.97. The highest BCUT2D eigenvalue weighted by molar-refractivity contribution is 5.98. The number of fused-ring (bicyclic) bond motifs is 2. The van der Waals surface area contributed by atoms with Crippen molar-refractivity contribution in [3.63, 3.8) is 0 Å². The SMILES string of the molecule is Cc1cc2nccnc2cc1-c1cccc2c1ccn2CCN1CCCC1. The fourth-order valence-corrected chi connectivity index (χ4v) is 4.31. The molecule has 1 aliphatic heterocycles. The van der Waals surface area contributed by atoms with Crippen LogP contribution < -0.4 is 0 Å². The zero-order valence-corrected chi connectivity index (χ0v) is 15.7. The Morgan fingerprint density at radius 3 is 2.48 bits per heavy atom. The van der Waals surface area contributed by atoms with Crippen molar-refractivity contribution >= 4 is 21.9 Å². The van der Waals surface area contributed by atoms with E-state index in [9.17, 15) is 0 Å². The molecule has 5 rings (SSSR count). The third kappa shape index (κ3) is 3.00. The molecule has 1 fully saturated rings. The molecule has 136 valence electrons. The van der Waals surface area contributed by atoms with Crippen LogP contribution in [0.4, 0.5) is 0 Å². The first-order valence-corrected chi connectivity index (χ1v) is 9.81. The summed E-state index contributed by atoms with van der Waals surface area (Å²) in [5.74, 6) is 0. The van der Waals surface area contributed by atoms with Gasteiger partial charge in [0.05, 0.1) is 11.0 Å². The molecule has 4 nitrogen and oxygen atoms in total. The Morgan fingerprint density at radius 2 is 1.67 bits per heavy atom. The van der Waals surface area contributed by atoms with Gasteiger partial charge >= 0.3 is 0 Å². The molecule has 2 aromatic carbocycles. The number of hydrogen-bond acceptors (Lipinski definition) is 3. The van der Waals surface area contributed by atoms with Crippen LogP contribution in [0.5, 0.6) is 0 Å². The first kappa shape index (κ1) is 16.5. The van der Waals surface area contributed by atoms with Crippen LogP contribution in [0.1, 0.15) is 18.4 Å². The molecule has 4 aromatic rings. The van der Waals surface area contributed by atoms with Crippen LogP contribution >= 0.6 is 0 Å². The van der Waals surface area contributed by atoms with Crippen molar-refractivity contribution in [2.24, 2.45) is 0 Å². The quantitative estimate of drug-likeness (QED) is 0.533. The highest BCUT2D eigenvalue weighted by Crippen LogP contribution is 2.33. The summed E-state index contributed by atoms with van der Waals surface area (Å²) >= 11 is 0. The van der Waals surface area contributed by atoms with E-state index in [2.05, 4.69) is 69.0 Å². The Hall–Kier alpha value is -2.72. The van der Waals surface area contributed by atoms with Gasteiger partial charge in [0.15, 0.2) is 0 Å². The van der Waals surface area contributed by atoms with E-state index in [0.717, 1.165) is 24.1 Å². The van der Waals surface area contributed by atoms with Gasteiger partial charge in [0.1, 0.15) is 0 Å². The fourth-order valence-electron chi connectivity index (χ4n) is 4.31. The van der Waals surface area contributed by atoms with Crippen LogP contribution in [0.15, 0.2) is 55.0 Å². The van der Waals surface area contributed by atoms with E-state index in [0.29, 0.717) is 0 Å². The van der Waals surface area contributed by atoms with Crippen molar-refractivity contribution < 1.29 is 0 Å². The van der Waals surface area contributed by atoms with Crippen molar-refractivity contribution in [1.82, 2.24) is 19.4 Å². The molecule has 1 aliphatic rings. The Morgan fingerprint density at radius 1 is 0.889 bits per heavy atom. The number of aryl methyl sites for hydroxylation is 1. The third-order valence-electron chi connectivity index (χ3n) is 5.78. The number of rotatable bonds is 4. The first-order valence-electron chi connectivity index (χ1n) is 9.81. The third-order valence-corrected chi connectivity index (χ3v) is 5.78. The predicted octanol–water partition coefficient (Wildman–Crippen LogP) is 4.66. The molecule has 0 amide bonds. The van der Waals surface area contributed by atoms with Crippen molar-refractivity contribution in [2.45, 2.75) is 26.3 Å². The molecule has 3 heterocycles. The fraction of sp³-hybridized carbons (Fsp3) is 0.304. The van der Waals surface area contributed by atoms with Crippen LogP contribution in [0.25, 0.3) is 33.1 Å². The van der Waals surface area contributed by atoms with Gasteiger partial charge in [0.25, 0.3) is 0 Å². The molecule has 0 aliphatic carbocycles. The van der Waals surface area contributed by atoms with Crippen molar-refractivity contribution in [3.8, 4) is 11.1 Å². The van der Waals surface area contributed by atoms with Gasteiger partial charge in [-0.2, -0.15) is 0 Å². The van der Waals surface area contributed by atoms with E-state index < -0.39 is 0 Å². The number of benzene rings is 2. The minimum atomic E-state index is 0.948. The average Bonchev–Trinajstić information content (AvgIpc) is 3.35. The zero-order valence-electron chi connectivity index (χ0n) is 15.7. The van der Waals surface area contributed by atoms with E-state index in [1.54, 1.807) is 12.4 Å². The summed E-state index contributed by atoms with van der Waals surface area (Å²) in [4.78, 5) is 11.5. The lowest BCUT2D eigenvalue weighted by Gasteiger charge is -2.15. The van der Waals surface area contributed by atoms with Gasteiger partial charge in [-0.3, -0.25) is 9.97 Å². The van der Waals surface area contributed by atoms with Crippen molar-refractivity contribution in [3.05, 3.63) is 60.6 Å². The summed E-state index contributed by atoms with van der Waals surface area (Å²) in [6.45, 7) is 6.85. The summed E-state index contributed by atoms with van der Waals surface area (Å²) < 4.78 is 2.40. The van der Waals surface area contributed by atoms with Crippen LogP contribution in [-0.4, -0.2) is 39.1 Å². The van der Waals surface area contributed by atoms with E-state index in [-0.39, 0.29) is 0 Å². The zero-order chi connectivity index (χ0) is 18.2. The maximum atomic E-state index is 4.49. The lowest BCUT2D eigenvalue weighted by molar-refractivity contribution is 0.324. The number of hydrogen-bond donors (Lipinski definition) is 0. The Balaban J connectivity index is 1.55. The Labute approximate surface area is 159 Å². The van der Waals surface area contributed by atoms with Crippen molar-refractivity contribution in [2.75, 3.05) is 19.6 Å². The van der Waals surface area contributed by atoms with Crippen LogP contribution in [0, 0.1) is 6.92 Å². The van der Waals surface area contributed by atoms with Gasteiger partial charge in [-0.05, 0) is 73.8 Å². The molecule has 4 heteroatoms. The van der Waals surface area contributed by atoms with E-state index in [4.69, 9.17) is 0 Å². The summed E-state index contributed by atoms with van der Waals surface area (Å²) in [5, 5.41) is 1.31. The van der Waals surface area contributed by atoms with Gasteiger partial charge < -0.3 is 9.47 Å². The summed E-state index contributed by atoms with van der Waals surface area (Å²) in [5.41, 5.74) is 6.96. The molecule has 0 unspecified atom stereocenters. The standard InChI is InChI=1S/C23H24N4/c1-17-15-21-22(25-9-8-24-21)16-20(17)18-5-4-6-23-19(18)7-12-27(23)14-13-26-10-2-3-11-26/h4-9,12,15-16H,2-3,10-11,13-14H2,1H3. The maximum Gasteiger partial charge on any atom is 0.0893 e.